The summed E-state index contributed by atoms with van der Waals surface area (Å²) in [5.41, 5.74) is 11.4. The zero-order valence-corrected chi connectivity index (χ0v) is 17.4. The number of hydrogen-bond donors (Lipinski definition) is 2. The lowest BCUT2D eigenvalue weighted by atomic mass is 9.85. The van der Waals surface area contributed by atoms with Crippen LogP contribution in [0.15, 0.2) is 42.5 Å². The first-order valence-electron chi connectivity index (χ1n) is 10.9. The Morgan fingerprint density at radius 3 is 2.66 bits per heavy atom. The fourth-order valence-corrected chi connectivity index (χ4v) is 4.73. The molecule has 2 aliphatic rings. The third-order valence-corrected chi connectivity index (χ3v) is 6.57. The van der Waals surface area contributed by atoms with Gasteiger partial charge in [0.25, 0.3) is 0 Å². The maximum atomic E-state index is 9.53. The highest BCUT2D eigenvalue weighted by atomic mass is 16.5. The van der Waals surface area contributed by atoms with Crippen LogP contribution in [0.1, 0.15) is 53.9 Å². The number of benzene rings is 2. The van der Waals surface area contributed by atoms with Crippen molar-refractivity contribution in [2.75, 3.05) is 19.8 Å². The van der Waals surface area contributed by atoms with E-state index < -0.39 is 0 Å². The molecule has 1 unspecified atom stereocenters. The minimum absolute atomic E-state index is 0.0844. The highest BCUT2D eigenvalue weighted by Gasteiger charge is 2.36. The van der Waals surface area contributed by atoms with Crippen LogP contribution in [0.25, 0.3) is 0 Å². The Balaban J connectivity index is 1.26. The molecule has 0 saturated heterocycles. The summed E-state index contributed by atoms with van der Waals surface area (Å²) < 4.78 is 11.9. The number of nitrogens with two attached hydrogens (primary N) is 1. The molecule has 3 atom stereocenters. The molecular weight excluding hydrogens is 362 g/mol. The number of aliphatic hydroxyl groups excluding tert-OH is 1. The maximum absolute atomic E-state index is 9.53. The van der Waals surface area contributed by atoms with Crippen LogP contribution in [0.2, 0.25) is 0 Å². The predicted octanol–water partition coefficient (Wildman–Crippen LogP) is 3.91. The Kier molecular flexibility index (Phi) is 6.23. The average molecular weight is 396 g/mol. The van der Waals surface area contributed by atoms with Crippen LogP contribution in [-0.4, -0.2) is 36.6 Å². The van der Waals surface area contributed by atoms with E-state index >= 15 is 0 Å². The van der Waals surface area contributed by atoms with Crippen LogP contribution in [0, 0.1) is 6.92 Å². The molecule has 0 aromatic heterocycles. The number of ether oxygens (including phenoxy) is 2. The molecule has 2 aromatic rings. The summed E-state index contributed by atoms with van der Waals surface area (Å²) in [6.07, 6.45) is 6.23. The topological polar surface area (TPSA) is 64.7 Å². The van der Waals surface area contributed by atoms with Crippen LogP contribution in [0.4, 0.5) is 0 Å². The summed E-state index contributed by atoms with van der Waals surface area (Å²) in [4.78, 5) is 0. The molecule has 0 bridgehead atoms. The van der Waals surface area contributed by atoms with Gasteiger partial charge in [-0.2, -0.15) is 0 Å². The second-order valence-corrected chi connectivity index (χ2v) is 8.89. The lowest BCUT2D eigenvalue weighted by Crippen LogP contribution is -2.40. The van der Waals surface area contributed by atoms with Gasteiger partial charge < -0.3 is 20.3 Å². The first kappa shape index (κ1) is 20.4. The van der Waals surface area contributed by atoms with E-state index in [1.807, 2.05) is 12.1 Å². The Bertz CT molecular complexity index is 819. The summed E-state index contributed by atoms with van der Waals surface area (Å²) in [6, 6.07) is 15.0. The zero-order chi connectivity index (χ0) is 20.3. The van der Waals surface area contributed by atoms with Crippen molar-refractivity contribution in [3.63, 3.8) is 0 Å². The highest BCUT2D eigenvalue weighted by Crippen LogP contribution is 2.40. The quantitative estimate of drug-likeness (QED) is 0.698. The van der Waals surface area contributed by atoms with Crippen molar-refractivity contribution in [1.29, 1.82) is 0 Å². The van der Waals surface area contributed by atoms with Crippen LogP contribution in [0.5, 0.6) is 5.75 Å². The van der Waals surface area contributed by atoms with Crippen LogP contribution < -0.4 is 10.5 Å². The number of hydrogen-bond acceptors (Lipinski definition) is 4. The molecule has 3 N–H and O–H groups in total. The average Bonchev–Trinajstić information content (AvgIpc) is 3.15. The van der Waals surface area contributed by atoms with Crippen molar-refractivity contribution in [3.8, 4) is 5.75 Å². The van der Waals surface area contributed by atoms with Gasteiger partial charge in [-0.05, 0) is 80.2 Å². The first-order chi connectivity index (χ1) is 14.0. The van der Waals surface area contributed by atoms with Gasteiger partial charge in [0.15, 0.2) is 0 Å². The fraction of sp³-hybridized carbons (Fsp3) is 0.520. The van der Waals surface area contributed by atoms with Crippen molar-refractivity contribution in [3.05, 3.63) is 64.7 Å². The predicted molar refractivity (Wildman–Crippen MR) is 115 cm³/mol. The van der Waals surface area contributed by atoms with E-state index in [-0.39, 0.29) is 18.2 Å². The molecule has 0 heterocycles. The third-order valence-electron chi connectivity index (χ3n) is 6.57. The van der Waals surface area contributed by atoms with Gasteiger partial charge in [0, 0.05) is 5.54 Å². The molecule has 4 nitrogen and oxygen atoms in total. The summed E-state index contributed by atoms with van der Waals surface area (Å²) in [5, 5.41) is 9.53. The number of fused-ring (bicyclic) bond motifs is 1. The van der Waals surface area contributed by atoms with E-state index in [0.717, 1.165) is 44.3 Å². The second kappa shape index (κ2) is 8.86. The number of rotatable bonds is 7. The van der Waals surface area contributed by atoms with Crippen LogP contribution in [-0.2, 0) is 17.6 Å². The second-order valence-electron chi connectivity index (χ2n) is 8.89. The van der Waals surface area contributed by atoms with Gasteiger partial charge in [0.05, 0.1) is 19.3 Å². The van der Waals surface area contributed by atoms with Crippen molar-refractivity contribution >= 4 is 0 Å². The van der Waals surface area contributed by atoms with Gasteiger partial charge in [-0.3, -0.25) is 0 Å². The fourth-order valence-electron chi connectivity index (χ4n) is 4.73. The Labute approximate surface area is 174 Å². The molecule has 156 valence electrons. The van der Waals surface area contributed by atoms with E-state index in [4.69, 9.17) is 15.2 Å². The molecule has 1 fully saturated rings. The lowest BCUT2D eigenvalue weighted by molar-refractivity contribution is 0.0262. The maximum Gasteiger partial charge on any atom is 0.119 e. The van der Waals surface area contributed by atoms with Crippen LogP contribution in [0.3, 0.4) is 0 Å². The lowest BCUT2D eigenvalue weighted by Gasteiger charge is -2.26. The van der Waals surface area contributed by atoms with E-state index in [9.17, 15) is 5.11 Å². The SMILES string of the molecule is Cc1ccc(OCCOC2CCc3cc([C@H]4CC[C@](N)(CO)C4)ccc3C2)cc1. The van der Waals surface area contributed by atoms with Gasteiger partial charge in [-0.15, -0.1) is 0 Å². The Morgan fingerprint density at radius 2 is 1.90 bits per heavy atom. The first-order valence-corrected chi connectivity index (χ1v) is 10.9. The highest BCUT2D eigenvalue weighted by molar-refractivity contribution is 5.37. The van der Waals surface area contributed by atoms with Crippen molar-refractivity contribution in [1.82, 2.24) is 0 Å². The molecule has 0 spiro atoms. The van der Waals surface area contributed by atoms with E-state index in [0.29, 0.717) is 19.1 Å². The largest absolute Gasteiger partial charge is 0.491 e. The van der Waals surface area contributed by atoms with Crippen molar-refractivity contribution in [2.45, 2.75) is 63.0 Å². The Morgan fingerprint density at radius 1 is 1.07 bits per heavy atom. The Hall–Kier alpha value is -1.88. The monoisotopic (exact) mass is 395 g/mol. The molecule has 2 aromatic carbocycles. The van der Waals surface area contributed by atoms with Gasteiger partial charge in [0.1, 0.15) is 12.4 Å². The molecule has 1 saturated carbocycles. The van der Waals surface area contributed by atoms with E-state index in [1.54, 1.807) is 0 Å². The number of aliphatic hydroxyl groups is 1. The summed E-state index contributed by atoms with van der Waals surface area (Å²) >= 11 is 0. The zero-order valence-electron chi connectivity index (χ0n) is 17.4. The number of aryl methyl sites for hydroxylation is 2. The molecule has 0 aliphatic heterocycles. The smallest absolute Gasteiger partial charge is 0.119 e. The van der Waals surface area contributed by atoms with Crippen molar-refractivity contribution < 1.29 is 14.6 Å². The molecule has 0 amide bonds. The standard InChI is InChI=1S/C25H33NO3/c1-18-2-7-23(8-3-18)28-12-13-29-24-9-6-19-14-20(4-5-21(19)15-24)22-10-11-25(26,16-22)17-27/h2-5,7-8,14,22,24,27H,6,9-13,15-17,26H2,1H3/t22-,24?,25+/m0/s1. The molecule has 4 rings (SSSR count). The van der Waals surface area contributed by atoms with E-state index in [2.05, 4.69) is 37.3 Å². The van der Waals surface area contributed by atoms with Crippen molar-refractivity contribution in [2.24, 2.45) is 5.73 Å². The molecule has 4 heteroatoms. The molecule has 2 aliphatic carbocycles. The minimum atomic E-state index is -0.389. The minimum Gasteiger partial charge on any atom is -0.491 e. The van der Waals surface area contributed by atoms with Gasteiger partial charge >= 0.3 is 0 Å². The summed E-state index contributed by atoms with van der Waals surface area (Å²) in [5.74, 6) is 1.38. The summed E-state index contributed by atoms with van der Waals surface area (Å²) in [7, 11) is 0. The van der Waals surface area contributed by atoms with Gasteiger partial charge in [0.2, 0.25) is 0 Å². The summed E-state index contributed by atoms with van der Waals surface area (Å²) in [6.45, 7) is 3.36. The normalized spacial score (nSPS) is 26.3. The van der Waals surface area contributed by atoms with Crippen LogP contribution >= 0.6 is 0 Å². The molecule has 29 heavy (non-hydrogen) atoms. The van der Waals surface area contributed by atoms with E-state index in [1.165, 1.54) is 22.3 Å². The van der Waals surface area contributed by atoms with Gasteiger partial charge in [-0.1, -0.05) is 35.9 Å². The molecule has 0 radical (unpaired) electrons. The van der Waals surface area contributed by atoms with Gasteiger partial charge in [-0.25, -0.2) is 0 Å². The third kappa shape index (κ3) is 5.00. The molecular formula is C25H33NO3.